The SMILES string of the molecule is c1ccc(-c2cc(-c3ccc4oc5ccc(-c6ccccc6)cc5c4c3)cc(-n3c4ccccc4c4cc(-n5c6ccccc6c6ccccc65)ccc43)c2)cc1. The molecule has 0 aliphatic carbocycles. The number of furan rings is 1. The summed E-state index contributed by atoms with van der Waals surface area (Å²) in [5, 5.41) is 7.20. The molecule has 3 heteroatoms. The first kappa shape index (κ1) is 31.7. The van der Waals surface area contributed by atoms with E-state index in [4.69, 9.17) is 4.42 Å². The minimum Gasteiger partial charge on any atom is -0.456 e. The molecule has 3 aromatic heterocycles. The largest absolute Gasteiger partial charge is 0.456 e. The molecule has 0 bridgehead atoms. The quantitative estimate of drug-likeness (QED) is 0.173. The first-order valence-corrected chi connectivity index (χ1v) is 19.5. The number of hydrogen-bond acceptors (Lipinski definition) is 1. The summed E-state index contributed by atoms with van der Waals surface area (Å²) in [4.78, 5) is 0. The number of aromatic nitrogens is 2. The lowest BCUT2D eigenvalue weighted by Gasteiger charge is -2.14. The summed E-state index contributed by atoms with van der Waals surface area (Å²) >= 11 is 0. The van der Waals surface area contributed by atoms with Gasteiger partial charge in [0.25, 0.3) is 0 Å². The minimum atomic E-state index is 0.889. The number of nitrogens with zero attached hydrogens (tertiary/aromatic N) is 2. The van der Waals surface area contributed by atoms with Crippen LogP contribution in [0.5, 0.6) is 0 Å². The molecule has 0 radical (unpaired) electrons. The van der Waals surface area contributed by atoms with Crippen LogP contribution in [0.3, 0.4) is 0 Å². The van der Waals surface area contributed by atoms with Crippen molar-refractivity contribution in [2.75, 3.05) is 0 Å². The van der Waals surface area contributed by atoms with Gasteiger partial charge in [0.05, 0.1) is 22.1 Å². The summed E-state index contributed by atoms with van der Waals surface area (Å²) in [6.07, 6.45) is 0. The molecule has 0 saturated heterocycles. The van der Waals surface area contributed by atoms with Gasteiger partial charge in [-0.25, -0.2) is 0 Å². The lowest BCUT2D eigenvalue weighted by Crippen LogP contribution is -1.97. The van der Waals surface area contributed by atoms with E-state index in [9.17, 15) is 0 Å². The molecule has 0 aliphatic rings. The summed E-state index contributed by atoms with van der Waals surface area (Å²) in [5.74, 6) is 0. The van der Waals surface area contributed by atoms with Gasteiger partial charge in [0.2, 0.25) is 0 Å². The Balaban J connectivity index is 1.07. The Hall–Kier alpha value is -7.62. The average molecular weight is 727 g/mol. The zero-order valence-electron chi connectivity index (χ0n) is 30.9. The Morgan fingerprint density at radius 2 is 0.684 bits per heavy atom. The second kappa shape index (κ2) is 12.5. The van der Waals surface area contributed by atoms with Crippen LogP contribution < -0.4 is 0 Å². The highest BCUT2D eigenvalue weighted by Gasteiger charge is 2.18. The highest BCUT2D eigenvalue weighted by molar-refractivity contribution is 6.13. The number of para-hydroxylation sites is 3. The molecule has 3 heterocycles. The lowest BCUT2D eigenvalue weighted by atomic mass is 9.96. The van der Waals surface area contributed by atoms with Crippen molar-refractivity contribution in [2.24, 2.45) is 0 Å². The third kappa shape index (κ3) is 4.99. The van der Waals surface area contributed by atoms with Crippen molar-refractivity contribution in [3.05, 3.63) is 206 Å². The third-order valence-electron chi connectivity index (χ3n) is 11.7. The van der Waals surface area contributed by atoms with Crippen molar-refractivity contribution >= 4 is 65.6 Å². The van der Waals surface area contributed by atoms with Crippen molar-refractivity contribution in [3.63, 3.8) is 0 Å². The van der Waals surface area contributed by atoms with Crippen LogP contribution in [-0.2, 0) is 0 Å². The van der Waals surface area contributed by atoms with E-state index in [1.807, 2.05) is 0 Å². The standard InChI is InChI=1S/C54H34N2O/c1-3-13-35(14-4-1)37-23-27-53-47(32-37)48-33-38(24-28-54(48)57-53)40-29-39(36-15-5-2-6-16-36)30-42(31-40)56-51-22-12-9-19-45(51)46-34-41(25-26-52(46)56)55-49-20-10-7-17-43(49)44-18-8-11-21-50(44)55/h1-34H. The smallest absolute Gasteiger partial charge is 0.135 e. The highest BCUT2D eigenvalue weighted by atomic mass is 16.3. The second-order valence-electron chi connectivity index (χ2n) is 14.9. The van der Waals surface area contributed by atoms with Gasteiger partial charge in [0.1, 0.15) is 11.2 Å². The van der Waals surface area contributed by atoms with E-state index in [0.717, 1.165) is 44.4 Å². The van der Waals surface area contributed by atoms with Crippen molar-refractivity contribution in [3.8, 4) is 44.8 Å². The van der Waals surface area contributed by atoms with Gasteiger partial charge >= 0.3 is 0 Å². The fourth-order valence-corrected chi connectivity index (χ4v) is 9.05. The molecule has 0 spiro atoms. The van der Waals surface area contributed by atoms with Crippen LogP contribution in [0.1, 0.15) is 0 Å². The van der Waals surface area contributed by atoms with Crippen LogP contribution in [-0.4, -0.2) is 9.13 Å². The molecule has 3 nitrogen and oxygen atoms in total. The number of benzene rings is 9. The van der Waals surface area contributed by atoms with Gasteiger partial charge in [-0.3, -0.25) is 0 Å². The molecule has 0 atom stereocenters. The van der Waals surface area contributed by atoms with Crippen LogP contribution in [0.25, 0.3) is 110 Å². The molecule has 0 fully saturated rings. The summed E-state index contributed by atoms with van der Waals surface area (Å²) in [5.41, 5.74) is 15.8. The van der Waals surface area contributed by atoms with Crippen molar-refractivity contribution in [1.29, 1.82) is 0 Å². The van der Waals surface area contributed by atoms with Crippen LogP contribution in [0.2, 0.25) is 0 Å². The Morgan fingerprint density at radius 1 is 0.246 bits per heavy atom. The monoisotopic (exact) mass is 726 g/mol. The zero-order valence-corrected chi connectivity index (χ0v) is 30.9. The number of fused-ring (bicyclic) bond motifs is 9. The van der Waals surface area contributed by atoms with E-state index in [-0.39, 0.29) is 0 Å². The fraction of sp³-hybridized carbons (Fsp3) is 0. The van der Waals surface area contributed by atoms with Gasteiger partial charge in [0.15, 0.2) is 0 Å². The summed E-state index contributed by atoms with van der Waals surface area (Å²) < 4.78 is 11.2. The van der Waals surface area contributed by atoms with E-state index in [1.165, 1.54) is 65.9 Å². The van der Waals surface area contributed by atoms with E-state index in [1.54, 1.807) is 0 Å². The summed E-state index contributed by atoms with van der Waals surface area (Å²) in [6, 6.07) is 74.6. The number of rotatable bonds is 5. The highest BCUT2D eigenvalue weighted by Crippen LogP contribution is 2.40. The normalized spacial score (nSPS) is 11.9. The van der Waals surface area contributed by atoms with Crippen molar-refractivity contribution in [1.82, 2.24) is 9.13 Å². The molecule has 57 heavy (non-hydrogen) atoms. The van der Waals surface area contributed by atoms with Crippen LogP contribution in [0.15, 0.2) is 211 Å². The molecule has 266 valence electrons. The Morgan fingerprint density at radius 3 is 1.26 bits per heavy atom. The molecule has 0 N–H and O–H groups in total. The Kier molecular flexibility index (Phi) is 6.93. The molecule has 12 rings (SSSR count). The van der Waals surface area contributed by atoms with Gasteiger partial charge in [-0.1, -0.05) is 127 Å². The van der Waals surface area contributed by atoms with E-state index >= 15 is 0 Å². The summed E-state index contributed by atoms with van der Waals surface area (Å²) in [6.45, 7) is 0. The first-order valence-electron chi connectivity index (χ1n) is 19.5. The van der Waals surface area contributed by atoms with Gasteiger partial charge in [0, 0.05) is 43.7 Å². The van der Waals surface area contributed by atoms with Gasteiger partial charge in [-0.2, -0.15) is 0 Å². The van der Waals surface area contributed by atoms with Crippen LogP contribution in [0.4, 0.5) is 0 Å². The van der Waals surface area contributed by atoms with Gasteiger partial charge in [-0.15, -0.1) is 0 Å². The Labute approximate surface area is 328 Å². The third-order valence-corrected chi connectivity index (χ3v) is 11.7. The number of hydrogen-bond donors (Lipinski definition) is 0. The maximum atomic E-state index is 6.38. The molecule has 0 unspecified atom stereocenters. The predicted octanol–water partition coefficient (Wildman–Crippen LogP) is 14.8. The Bertz CT molecular complexity index is 3460. The topological polar surface area (TPSA) is 23.0 Å². The second-order valence-corrected chi connectivity index (χ2v) is 14.9. The fourth-order valence-electron chi connectivity index (χ4n) is 9.05. The zero-order chi connectivity index (χ0) is 37.5. The predicted molar refractivity (Wildman–Crippen MR) is 239 cm³/mol. The first-order chi connectivity index (χ1) is 28.2. The summed E-state index contributed by atoms with van der Waals surface area (Å²) in [7, 11) is 0. The lowest BCUT2D eigenvalue weighted by molar-refractivity contribution is 0.669. The maximum Gasteiger partial charge on any atom is 0.135 e. The molecule has 0 aliphatic heterocycles. The van der Waals surface area contributed by atoms with E-state index in [0.29, 0.717) is 0 Å². The van der Waals surface area contributed by atoms with Crippen LogP contribution >= 0.6 is 0 Å². The average Bonchev–Trinajstić information content (AvgIpc) is 3.94. The van der Waals surface area contributed by atoms with Gasteiger partial charge < -0.3 is 13.6 Å². The molecule has 0 amide bonds. The molecule has 0 saturated carbocycles. The molecular formula is C54H34N2O. The maximum absolute atomic E-state index is 6.38. The molecule has 9 aromatic carbocycles. The van der Waals surface area contributed by atoms with Crippen molar-refractivity contribution < 1.29 is 4.42 Å². The van der Waals surface area contributed by atoms with E-state index < -0.39 is 0 Å². The van der Waals surface area contributed by atoms with Gasteiger partial charge in [-0.05, 0) is 112 Å². The molecular weight excluding hydrogens is 693 g/mol. The van der Waals surface area contributed by atoms with Crippen LogP contribution in [0, 0.1) is 0 Å². The van der Waals surface area contributed by atoms with E-state index in [2.05, 4.69) is 215 Å². The molecule has 12 aromatic rings. The minimum absolute atomic E-state index is 0.889. The van der Waals surface area contributed by atoms with Crippen molar-refractivity contribution in [2.45, 2.75) is 0 Å².